The highest BCUT2D eigenvalue weighted by Crippen LogP contribution is 2.28. The Balaban J connectivity index is 1.83. The maximum atomic E-state index is 11.1. The molecule has 28 heavy (non-hydrogen) atoms. The van der Waals surface area contributed by atoms with E-state index in [2.05, 4.69) is 20.6 Å². The van der Waals surface area contributed by atoms with E-state index in [4.69, 9.17) is 9.94 Å². The summed E-state index contributed by atoms with van der Waals surface area (Å²) in [5.41, 5.74) is 3.27. The Morgan fingerprint density at radius 3 is 2.50 bits per heavy atom. The molecule has 9 nitrogen and oxygen atoms in total. The molecule has 1 unspecified atom stereocenters. The highest BCUT2D eigenvalue weighted by molar-refractivity contribution is 6.02. The maximum Gasteiger partial charge on any atom is 0.163 e. The highest BCUT2D eigenvalue weighted by Gasteiger charge is 2.22. The number of benzene rings is 2. The standard InChI is InChI=1S/C19H20N6O3/c1-28-16-9-3-13(4-10-16)18-17(19-20-11-2-12-21-19)22-23-24(18)14-5-7-15(8-6-14)25(26)27/h3-10,25-26H,2,11-12H2,1H3,(H,20,21). The van der Waals surface area contributed by atoms with Crippen molar-refractivity contribution in [1.82, 2.24) is 20.3 Å². The van der Waals surface area contributed by atoms with Crippen LogP contribution in [0, 0.1) is 5.21 Å². The quantitative estimate of drug-likeness (QED) is 0.571. The average Bonchev–Trinajstić information content (AvgIpc) is 3.19. The molecule has 9 heteroatoms. The fourth-order valence-electron chi connectivity index (χ4n) is 3.07. The van der Waals surface area contributed by atoms with Crippen molar-refractivity contribution in [2.45, 2.75) is 6.42 Å². The molecule has 0 saturated carbocycles. The number of quaternary nitrogens is 1. The van der Waals surface area contributed by atoms with Gasteiger partial charge in [-0.2, -0.15) is 5.23 Å². The van der Waals surface area contributed by atoms with Crippen LogP contribution in [0.25, 0.3) is 16.9 Å². The lowest BCUT2D eigenvalue weighted by Crippen LogP contribution is -2.99. The van der Waals surface area contributed by atoms with E-state index in [1.807, 2.05) is 24.3 Å². The van der Waals surface area contributed by atoms with Gasteiger partial charge in [-0.1, -0.05) is 5.21 Å². The van der Waals surface area contributed by atoms with E-state index in [1.54, 1.807) is 36.1 Å². The molecule has 1 aromatic heterocycles. The first kappa shape index (κ1) is 18.1. The van der Waals surface area contributed by atoms with E-state index in [0.717, 1.165) is 36.5 Å². The molecule has 3 aromatic rings. The Kier molecular flexibility index (Phi) is 5.02. The number of nitrogens with zero attached hydrogens (tertiary/aromatic N) is 4. The molecule has 144 valence electrons. The lowest BCUT2D eigenvalue weighted by atomic mass is 10.1. The van der Waals surface area contributed by atoms with Crippen LogP contribution < -0.4 is 15.3 Å². The van der Waals surface area contributed by atoms with Gasteiger partial charge in [0.05, 0.1) is 12.8 Å². The predicted octanol–water partition coefficient (Wildman–Crippen LogP) is 1.09. The van der Waals surface area contributed by atoms with Crippen molar-refractivity contribution in [2.75, 3.05) is 20.2 Å². The Morgan fingerprint density at radius 2 is 1.89 bits per heavy atom. The molecular weight excluding hydrogens is 360 g/mol. The first-order valence-corrected chi connectivity index (χ1v) is 8.90. The molecule has 0 spiro atoms. The number of aromatic nitrogens is 3. The molecule has 0 amide bonds. The van der Waals surface area contributed by atoms with Gasteiger partial charge in [-0.15, -0.1) is 5.10 Å². The molecule has 0 radical (unpaired) electrons. The van der Waals surface area contributed by atoms with E-state index in [9.17, 15) is 5.21 Å². The van der Waals surface area contributed by atoms with Gasteiger partial charge in [0.1, 0.15) is 11.4 Å². The van der Waals surface area contributed by atoms with E-state index < -0.39 is 5.23 Å². The van der Waals surface area contributed by atoms with Gasteiger partial charge in [-0.05, 0) is 42.8 Å². The minimum Gasteiger partial charge on any atom is -0.595 e. The number of hydrogen-bond donors (Lipinski definition) is 3. The third-order valence-electron chi connectivity index (χ3n) is 4.51. The zero-order valence-corrected chi connectivity index (χ0v) is 15.3. The Morgan fingerprint density at radius 1 is 1.14 bits per heavy atom. The Hall–Kier alpha value is -3.27. The van der Waals surface area contributed by atoms with Gasteiger partial charge in [0.25, 0.3) is 0 Å². The molecule has 0 saturated heterocycles. The maximum absolute atomic E-state index is 11.1. The Bertz CT molecular complexity index is 980. The number of amidine groups is 1. The van der Waals surface area contributed by atoms with Crippen LogP contribution in [0.2, 0.25) is 0 Å². The van der Waals surface area contributed by atoms with E-state index in [-0.39, 0.29) is 5.69 Å². The summed E-state index contributed by atoms with van der Waals surface area (Å²) in [4.78, 5) is 4.55. The molecule has 4 rings (SSSR count). The first-order chi connectivity index (χ1) is 13.7. The molecule has 0 fully saturated rings. The van der Waals surface area contributed by atoms with Crippen LogP contribution in [0.1, 0.15) is 12.1 Å². The van der Waals surface area contributed by atoms with Crippen LogP contribution in [-0.4, -0.2) is 46.2 Å². The number of ether oxygens (including phenoxy) is 1. The minimum atomic E-state index is -0.970. The largest absolute Gasteiger partial charge is 0.595 e. The number of nitrogens with one attached hydrogen (secondary N) is 2. The lowest BCUT2D eigenvalue weighted by Gasteiger charge is -2.15. The molecule has 0 bridgehead atoms. The normalized spacial score (nSPS) is 14.9. The number of rotatable bonds is 5. The molecule has 1 aliphatic rings. The predicted molar refractivity (Wildman–Crippen MR) is 103 cm³/mol. The molecule has 0 aliphatic carbocycles. The van der Waals surface area contributed by atoms with E-state index in [0.29, 0.717) is 17.2 Å². The van der Waals surface area contributed by atoms with Gasteiger partial charge in [0.15, 0.2) is 17.2 Å². The summed E-state index contributed by atoms with van der Waals surface area (Å²) in [5, 5.41) is 31.3. The second-order valence-electron chi connectivity index (χ2n) is 6.29. The van der Waals surface area contributed by atoms with Crippen molar-refractivity contribution >= 4 is 11.5 Å². The SMILES string of the molecule is COc1ccc(-c2c(C3=NCCCN3)nnn2-c2ccc([NH+]([O-])O)cc2)cc1. The number of methoxy groups -OCH3 is 1. The van der Waals surface area contributed by atoms with Gasteiger partial charge in [-0.3, -0.25) is 4.99 Å². The van der Waals surface area contributed by atoms with Gasteiger partial charge >= 0.3 is 0 Å². The molecule has 2 aromatic carbocycles. The van der Waals surface area contributed by atoms with Crippen molar-refractivity contribution in [3.05, 3.63) is 59.4 Å². The smallest absolute Gasteiger partial charge is 0.163 e. The second-order valence-corrected chi connectivity index (χ2v) is 6.29. The third kappa shape index (κ3) is 3.46. The van der Waals surface area contributed by atoms with Crippen molar-refractivity contribution in [1.29, 1.82) is 0 Å². The monoisotopic (exact) mass is 380 g/mol. The van der Waals surface area contributed by atoms with Crippen molar-refractivity contribution in [3.8, 4) is 22.7 Å². The summed E-state index contributed by atoms with van der Waals surface area (Å²) < 4.78 is 6.95. The topological polar surface area (TPSA) is 112 Å². The van der Waals surface area contributed by atoms with Crippen LogP contribution in [-0.2, 0) is 0 Å². The zero-order valence-electron chi connectivity index (χ0n) is 15.3. The summed E-state index contributed by atoms with van der Waals surface area (Å²) in [5.74, 6) is 1.47. The number of aliphatic imine (C=N–C) groups is 1. The highest BCUT2D eigenvalue weighted by atomic mass is 16.8. The molecular formula is C19H20N6O3. The van der Waals surface area contributed by atoms with E-state index in [1.165, 1.54) is 0 Å². The van der Waals surface area contributed by atoms with Crippen LogP contribution in [0.3, 0.4) is 0 Å². The number of hydrogen-bond acceptors (Lipinski definition) is 7. The van der Waals surface area contributed by atoms with Crippen molar-refractivity contribution < 1.29 is 15.2 Å². The van der Waals surface area contributed by atoms with E-state index >= 15 is 0 Å². The van der Waals surface area contributed by atoms with Crippen molar-refractivity contribution in [3.63, 3.8) is 0 Å². The van der Waals surface area contributed by atoms with Gasteiger partial charge in [-0.25, -0.2) is 9.89 Å². The fraction of sp³-hybridized carbons (Fsp3) is 0.211. The van der Waals surface area contributed by atoms with Crippen molar-refractivity contribution in [2.24, 2.45) is 4.99 Å². The van der Waals surface area contributed by atoms with Gasteiger partial charge in [0, 0.05) is 30.8 Å². The van der Waals surface area contributed by atoms with Crippen LogP contribution in [0.5, 0.6) is 5.75 Å². The van der Waals surface area contributed by atoms with Gasteiger partial charge < -0.3 is 15.3 Å². The van der Waals surface area contributed by atoms with Crippen LogP contribution >= 0.6 is 0 Å². The fourth-order valence-corrected chi connectivity index (χ4v) is 3.07. The third-order valence-corrected chi connectivity index (χ3v) is 4.51. The summed E-state index contributed by atoms with van der Waals surface area (Å²) >= 11 is 0. The molecule has 3 N–H and O–H groups in total. The molecule has 1 atom stereocenters. The lowest BCUT2D eigenvalue weighted by molar-refractivity contribution is -0.991. The summed E-state index contributed by atoms with van der Waals surface area (Å²) in [7, 11) is 1.62. The molecule has 2 heterocycles. The molecule has 1 aliphatic heterocycles. The zero-order chi connectivity index (χ0) is 19.5. The first-order valence-electron chi connectivity index (χ1n) is 8.90. The van der Waals surface area contributed by atoms with Crippen LogP contribution in [0.15, 0.2) is 53.5 Å². The average molecular weight is 380 g/mol. The second kappa shape index (κ2) is 7.77. The Labute approximate surface area is 161 Å². The van der Waals surface area contributed by atoms with Gasteiger partial charge in [0.2, 0.25) is 0 Å². The summed E-state index contributed by atoms with van der Waals surface area (Å²) in [6.45, 7) is 1.58. The minimum absolute atomic E-state index is 0.216. The summed E-state index contributed by atoms with van der Waals surface area (Å²) in [6.07, 6.45) is 0.978. The van der Waals surface area contributed by atoms with Crippen LogP contribution in [0.4, 0.5) is 5.69 Å². The summed E-state index contributed by atoms with van der Waals surface area (Å²) in [6, 6.07) is 14.1.